The largest absolute Gasteiger partial charge is 0.478 e. The van der Waals surface area contributed by atoms with E-state index >= 15 is 0 Å². The SMILES string of the molecule is Cc1ccnc(N(C)C)c1C(=O)O. The highest BCUT2D eigenvalue weighted by Gasteiger charge is 2.15. The average Bonchev–Trinajstić information content (AvgIpc) is 2.02. The van der Waals surface area contributed by atoms with Gasteiger partial charge in [-0.1, -0.05) is 0 Å². The second-order valence-corrected chi connectivity index (χ2v) is 3.03. The van der Waals surface area contributed by atoms with Gasteiger partial charge in [-0.05, 0) is 18.6 Å². The number of aromatic nitrogens is 1. The Kier molecular flexibility index (Phi) is 2.51. The lowest BCUT2D eigenvalue weighted by atomic mass is 10.1. The topological polar surface area (TPSA) is 53.4 Å². The van der Waals surface area contributed by atoms with E-state index in [2.05, 4.69) is 4.98 Å². The zero-order valence-electron chi connectivity index (χ0n) is 7.90. The summed E-state index contributed by atoms with van der Waals surface area (Å²) in [5, 5.41) is 8.93. The molecular formula is C9H12N2O2. The number of carbonyl (C=O) groups is 1. The van der Waals surface area contributed by atoms with E-state index < -0.39 is 5.97 Å². The Morgan fingerprint density at radius 3 is 2.54 bits per heavy atom. The van der Waals surface area contributed by atoms with Crippen LogP contribution in [0.25, 0.3) is 0 Å². The molecule has 1 aromatic rings. The van der Waals surface area contributed by atoms with Gasteiger partial charge in [-0.3, -0.25) is 0 Å². The van der Waals surface area contributed by atoms with Crippen molar-refractivity contribution >= 4 is 11.8 Å². The van der Waals surface area contributed by atoms with Crippen LogP contribution in [-0.2, 0) is 0 Å². The van der Waals surface area contributed by atoms with Crippen LogP contribution in [0.15, 0.2) is 12.3 Å². The Morgan fingerprint density at radius 1 is 1.54 bits per heavy atom. The normalized spacial score (nSPS) is 9.77. The zero-order chi connectivity index (χ0) is 10.0. The first-order valence-corrected chi connectivity index (χ1v) is 3.90. The minimum absolute atomic E-state index is 0.271. The van der Waals surface area contributed by atoms with Gasteiger partial charge in [0.15, 0.2) is 0 Å². The monoisotopic (exact) mass is 180 g/mol. The number of carboxylic acids is 1. The highest BCUT2D eigenvalue weighted by atomic mass is 16.4. The molecule has 0 atom stereocenters. The van der Waals surface area contributed by atoms with Crippen molar-refractivity contribution in [2.24, 2.45) is 0 Å². The Balaban J connectivity index is 3.34. The quantitative estimate of drug-likeness (QED) is 0.741. The predicted octanol–water partition coefficient (Wildman–Crippen LogP) is 1.15. The summed E-state index contributed by atoms with van der Waals surface area (Å²) in [5.74, 6) is -0.443. The lowest BCUT2D eigenvalue weighted by Gasteiger charge is -2.14. The van der Waals surface area contributed by atoms with Crippen LogP contribution in [0, 0.1) is 6.92 Å². The summed E-state index contributed by atoms with van der Waals surface area (Å²) in [5.41, 5.74) is 0.999. The Hall–Kier alpha value is -1.58. The number of pyridine rings is 1. The fourth-order valence-corrected chi connectivity index (χ4v) is 1.15. The average molecular weight is 180 g/mol. The molecule has 1 rings (SSSR count). The number of hydrogen-bond donors (Lipinski definition) is 1. The summed E-state index contributed by atoms with van der Waals surface area (Å²) in [7, 11) is 3.54. The van der Waals surface area contributed by atoms with E-state index in [1.54, 1.807) is 38.2 Å². The Labute approximate surface area is 76.8 Å². The second kappa shape index (κ2) is 3.43. The van der Waals surface area contributed by atoms with Crippen LogP contribution in [0.2, 0.25) is 0 Å². The molecule has 0 unspecified atom stereocenters. The molecular weight excluding hydrogens is 168 g/mol. The van der Waals surface area contributed by atoms with E-state index in [1.165, 1.54) is 0 Å². The summed E-state index contributed by atoms with van der Waals surface area (Å²) in [6, 6.07) is 1.69. The van der Waals surface area contributed by atoms with E-state index in [9.17, 15) is 4.79 Å². The van der Waals surface area contributed by atoms with E-state index in [-0.39, 0.29) is 5.56 Å². The number of carboxylic acid groups (broad SMARTS) is 1. The van der Waals surface area contributed by atoms with Crippen LogP contribution in [-0.4, -0.2) is 30.2 Å². The van der Waals surface area contributed by atoms with Crippen LogP contribution in [0.1, 0.15) is 15.9 Å². The van der Waals surface area contributed by atoms with E-state index in [1.807, 2.05) is 0 Å². The molecule has 4 heteroatoms. The van der Waals surface area contributed by atoms with Gasteiger partial charge in [0, 0.05) is 20.3 Å². The molecule has 0 bridgehead atoms. The van der Waals surface area contributed by atoms with E-state index in [0.717, 1.165) is 5.56 Å². The van der Waals surface area contributed by atoms with Gasteiger partial charge in [0.05, 0.1) is 0 Å². The molecule has 0 aliphatic heterocycles. The molecule has 0 amide bonds. The van der Waals surface area contributed by atoms with Gasteiger partial charge in [-0.15, -0.1) is 0 Å². The molecule has 1 N–H and O–H groups in total. The molecule has 0 aromatic carbocycles. The minimum Gasteiger partial charge on any atom is -0.478 e. The standard InChI is InChI=1S/C9H12N2O2/c1-6-4-5-10-8(11(2)3)7(6)9(12)13/h4-5H,1-3H3,(H,12,13). The van der Waals surface area contributed by atoms with Crippen LogP contribution >= 0.6 is 0 Å². The summed E-state index contributed by atoms with van der Waals surface area (Å²) in [6.07, 6.45) is 1.61. The number of nitrogens with zero attached hydrogens (tertiary/aromatic N) is 2. The Morgan fingerprint density at radius 2 is 2.15 bits per heavy atom. The van der Waals surface area contributed by atoms with Crippen LogP contribution in [0.4, 0.5) is 5.82 Å². The first-order valence-electron chi connectivity index (χ1n) is 3.90. The van der Waals surface area contributed by atoms with Crippen LogP contribution in [0.5, 0.6) is 0 Å². The van der Waals surface area contributed by atoms with E-state index in [0.29, 0.717) is 5.82 Å². The maximum atomic E-state index is 10.9. The molecule has 0 aliphatic carbocycles. The molecule has 0 fully saturated rings. The number of aryl methyl sites for hydroxylation is 1. The second-order valence-electron chi connectivity index (χ2n) is 3.03. The van der Waals surface area contributed by atoms with Crippen molar-refractivity contribution in [2.45, 2.75) is 6.92 Å². The molecule has 0 aliphatic rings. The van der Waals surface area contributed by atoms with Crippen molar-refractivity contribution in [3.8, 4) is 0 Å². The van der Waals surface area contributed by atoms with Gasteiger partial charge in [-0.2, -0.15) is 0 Å². The van der Waals surface area contributed by atoms with Crippen molar-refractivity contribution in [2.75, 3.05) is 19.0 Å². The fourth-order valence-electron chi connectivity index (χ4n) is 1.15. The highest BCUT2D eigenvalue weighted by Crippen LogP contribution is 2.18. The van der Waals surface area contributed by atoms with Crippen molar-refractivity contribution in [3.05, 3.63) is 23.4 Å². The number of hydrogen-bond acceptors (Lipinski definition) is 3. The molecule has 4 nitrogen and oxygen atoms in total. The van der Waals surface area contributed by atoms with Crippen molar-refractivity contribution < 1.29 is 9.90 Å². The lowest BCUT2D eigenvalue weighted by molar-refractivity contribution is 0.0696. The summed E-state index contributed by atoms with van der Waals surface area (Å²) in [6.45, 7) is 1.76. The summed E-state index contributed by atoms with van der Waals surface area (Å²) < 4.78 is 0. The third-order valence-corrected chi connectivity index (χ3v) is 1.78. The fraction of sp³-hybridized carbons (Fsp3) is 0.333. The van der Waals surface area contributed by atoms with Gasteiger partial charge in [0.2, 0.25) is 0 Å². The molecule has 1 heterocycles. The molecule has 0 saturated heterocycles. The van der Waals surface area contributed by atoms with Gasteiger partial charge in [-0.25, -0.2) is 9.78 Å². The lowest BCUT2D eigenvalue weighted by Crippen LogP contribution is -2.16. The van der Waals surface area contributed by atoms with Gasteiger partial charge >= 0.3 is 5.97 Å². The van der Waals surface area contributed by atoms with Crippen molar-refractivity contribution in [1.82, 2.24) is 4.98 Å². The number of anilines is 1. The minimum atomic E-state index is -0.936. The van der Waals surface area contributed by atoms with Gasteiger partial charge < -0.3 is 10.0 Å². The highest BCUT2D eigenvalue weighted by molar-refractivity contribution is 5.94. The Bertz CT molecular complexity index is 334. The first kappa shape index (κ1) is 9.51. The first-order chi connectivity index (χ1) is 6.04. The van der Waals surface area contributed by atoms with E-state index in [4.69, 9.17) is 5.11 Å². The maximum Gasteiger partial charge on any atom is 0.339 e. The van der Waals surface area contributed by atoms with Crippen molar-refractivity contribution in [3.63, 3.8) is 0 Å². The molecule has 0 spiro atoms. The maximum absolute atomic E-state index is 10.9. The molecule has 70 valence electrons. The van der Waals surface area contributed by atoms with Crippen LogP contribution < -0.4 is 4.90 Å². The molecule has 0 saturated carbocycles. The number of rotatable bonds is 2. The summed E-state index contributed by atoms with van der Waals surface area (Å²) in [4.78, 5) is 16.6. The summed E-state index contributed by atoms with van der Waals surface area (Å²) >= 11 is 0. The van der Waals surface area contributed by atoms with Crippen LogP contribution in [0.3, 0.4) is 0 Å². The van der Waals surface area contributed by atoms with Crippen molar-refractivity contribution in [1.29, 1.82) is 0 Å². The third-order valence-electron chi connectivity index (χ3n) is 1.78. The van der Waals surface area contributed by atoms with Gasteiger partial charge in [0.25, 0.3) is 0 Å². The predicted molar refractivity (Wildman–Crippen MR) is 50.3 cm³/mol. The smallest absolute Gasteiger partial charge is 0.339 e. The number of aromatic carboxylic acids is 1. The molecule has 0 radical (unpaired) electrons. The molecule has 1 aromatic heterocycles. The molecule has 13 heavy (non-hydrogen) atoms. The zero-order valence-corrected chi connectivity index (χ0v) is 7.90. The third kappa shape index (κ3) is 1.77. The van der Waals surface area contributed by atoms with Gasteiger partial charge in [0.1, 0.15) is 11.4 Å².